The van der Waals surface area contributed by atoms with Crippen LogP contribution in [0.5, 0.6) is 5.75 Å². The van der Waals surface area contributed by atoms with Crippen molar-refractivity contribution in [1.29, 1.82) is 0 Å². The number of nitrogens with zero attached hydrogens (tertiary/aromatic N) is 4. The van der Waals surface area contributed by atoms with E-state index in [0.29, 0.717) is 40.1 Å². The van der Waals surface area contributed by atoms with Crippen LogP contribution in [0.2, 0.25) is 0 Å². The Morgan fingerprint density at radius 1 is 0.953 bits per heavy atom. The third-order valence-electron chi connectivity index (χ3n) is 7.78. The molecule has 1 aliphatic heterocycles. The van der Waals surface area contributed by atoms with E-state index in [4.69, 9.17) is 4.74 Å². The number of rotatable bonds is 7. The SMILES string of the molecule is CN(C(=O)n1cc(C(=O)c2ccn3c2CSC3c2cccnc2)c2ccc(OCc3ccccc3)cc21)c1ccccc1. The van der Waals surface area contributed by atoms with Crippen LogP contribution >= 0.6 is 11.8 Å². The zero-order valence-electron chi connectivity index (χ0n) is 23.5. The highest BCUT2D eigenvalue weighted by Crippen LogP contribution is 2.42. The third-order valence-corrected chi connectivity index (χ3v) is 9.03. The number of carbonyl (C=O) groups is 2. The van der Waals surface area contributed by atoms with Gasteiger partial charge in [-0.3, -0.25) is 19.2 Å². The van der Waals surface area contributed by atoms with E-state index in [1.807, 2.05) is 103 Å². The molecule has 3 aromatic carbocycles. The smallest absolute Gasteiger partial charge is 0.332 e. The summed E-state index contributed by atoms with van der Waals surface area (Å²) in [6.07, 6.45) is 7.27. The predicted molar refractivity (Wildman–Crippen MR) is 170 cm³/mol. The number of fused-ring (bicyclic) bond motifs is 2. The molecule has 212 valence electrons. The monoisotopic (exact) mass is 584 g/mol. The lowest BCUT2D eigenvalue weighted by molar-refractivity contribution is 0.103. The number of ketones is 1. The van der Waals surface area contributed by atoms with Crippen molar-refractivity contribution >= 4 is 40.2 Å². The molecule has 7 nitrogen and oxygen atoms in total. The van der Waals surface area contributed by atoms with Gasteiger partial charge in [0.1, 0.15) is 17.7 Å². The Morgan fingerprint density at radius 2 is 1.74 bits per heavy atom. The lowest BCUT2D eigenvalue weighted by Gasteiger charge is -2.18. The molecule has 1 unspecified atom stereocenters. The molecule has 0 saturated heterocycles. The molecule has 4 heterocycles. The minimum atomic E-state index is -0.273. The van der Waals surface area contributed by atoms with E-state index < -0.39 is 0 Å². The van der Waals surface area contributed by atoms with Gasteiger partial charge in [-0.15, -0.1) is 11.8 Å². The number of hydrogen-bond acceptors (Lipinski definition) is 5. The summed E-state index contributed by atoms with van der Waals surface area (Å²) < 4.78 is 9.80. The number of benzene rings is 3. The molecule has 1 aliphatic rings. The number of aromatic nitrogens is 3. The van der Waals surface area contributed by atoms with Crippen molar-refractivity contribution in [2.45, 2.75) is 17.7 Å². The first-order chi connectivity index (χ1) is 21.1. The highest BCUT2D eigenvalue weighted by Gasteiger charge is 2.30. The maximum Gasteiger partial charge on any atom is 0.332 e. The molecular weight excluding hydrogens is 556 g/mol. The fraction of sp³-hybridized carbons (Fsp3) is 0.114. The van der Waals surface area contributed by atoms with Crippen molar-refractivity contribution in [3.05, 3.63) is 150 Å². The van der Waals surface area contributed by atoms with Crippen LogP contribution in [-0.2, 0) is 12.4 Å². The maximum absolute atomic E-state index is 14.2. The fourth-order valence-corrected chi connectivity index (χ4v) is 6.83. The largest absolute Gasteiger partial charge is 0.489 e. The maximum atomic E-state index is 14.2. The number of anilines is 1. The molecule has 7 rings (SSSR count). The second-order valence-corrected chi connectivity index (χ2v) is 11.5. The highest BCUT2D eigenvalue weighted by atomic mass is 32.2. The Labute approximate surface area is 253 Å². The van der Waals surface area contributed by atoms with Crippen molar-refractivity contribution in [2.75, 3.05) is 11.9 Å². The average molecular weight is 585 g/mol. The number of carbonyl (C=O) groups excluding carboxylic acids is 2. The van der Waals surface area contributed by atoms with Gasteiger partial charge in [-0.1, -0.05) is 54.6 Å². The molecule has 1 amide bonds. The summed E-state index contributed by atoms with van der Waals surface area (Å²) in [5, 5.41) is 0.762. The van der Waals surface area contributed by atoms with Gasteiger partial charge < -0.3 is 9.30 Å². The van der Waals surface area contributed by atoms with E-state index in [9.17, 15) is 9.59 Å². The quantitative estimate of drug-likeness (QED) is 0.181. The molecule has 0 aliphatic carbocycles. The zero-order chi connectivity index (χ0) is 29.3. The number of pyridine rings is 1. The summed E-state index contributed by atoms with van der Waals surface area (Å²) in [5.41, 5.74) is 5.59. The Hall–Kier alpha value is -5.08. The van der Waals surface area contributed by atoms with Gasteiger partial charge in [0.15, 0.2) is 5.78 Å². The average Bonchev–Trinajstić information content (AvgIpc) is 3.78. The van der Waals surface area contributed by atoms with Crippen LogP contribution in [0.4, 0.5) is 10.5 Å². The van der Waals surface area contributed by atoms with Crippen molar-refractivity contribution in [1.82, 2.24) is 14.1 Å². The van der Waals surface area contributed by atoms with E-state index >= 15 is 0 Å². The van der Waals surface area contributed by atoms with Gasteiger partial charge in [0.2, 0.25) is 0 Å². The number of para-hydroxylation sites is 1. The first-order valence-electron chi connectivity index (χ1n) is 14.0. The molecule has 8 heteroatoms. The summed E-state index contributed by atoms with van der Waals surface area (Å²) in [5.74, 6) is 1.21. The third kappa shape index (κ3) is 5.00. The van der Waals surface area contributed by atoms with Crippen LogP contribution in [0, 0.1) is 0 Å². The normalized spacial score (nSPS) is 14.0. The van der Waals surface area contributed by atoms with Gasteiger partial charge in [-0.2, -0.15) is 0 Å². The second kappa shape index (κ2) is 11.3. The lowest BCUT2D eigenvalue weighted by atomic mass is 10.0. The van der Waals surface area contributed by atoms with Crippen LogP contribution in [0.25, 0.3) is 10.9 Å². The van der Waals surface area contributed by atoms with E-state index in [2.05, 4.69) is 15.6 Å². The highest BCUT2D eigenvalue weighted by molar-refractivity contribution is 7.99. The Bertz CT molecular complexity index is 1930. The first-order valence-corrected chi connectivity index (χ1v) is 15.0. The molecule has 43 heavy (non-hydrogen) atoms. The van der Waals surface area contributed by atoms with E-state index in [0.717, 1.165) is 22.5 Å². The second-order valence-electron chi connectivity index (χ2n) is 10.4. The Morgan fingerprint density at radius 3 is 2.51 bits per heavy atom. The van der Waals surface area contributed by atoms with Gasteiger partial charge in [-0.05, 0) is 42.0 Å². The minimum Gasteiger partial charge on any atom is -0.489 e. The number of hydrogen-bond donors (Lipinski definition) is 0. The molecule has 0 N–H and O–H groups in total. The first kappa shape index (κ1) is 26.8. The lowest BCUT2D eigenvalue weighted by Crippen LogP contribution is -2.30. The Balaban J connectivity index is 1.27. The molecular formula is C35H28N4O3S. The molecule has 6 aromatic rings. The van der Waals surface area contributed by atoms with Gasteiger partial charge in [0.25, 0.3) is 0 Å². The minimum absolute atomic E-state index is 0.0667. The molecule has 0 fully saturated rings. The van der Waals surface area contributed by atoms with Crippen molar-refractivity contribution in [2.24, 2.45) is 0 Å². The van der Waals surface area contributed by atoms with Gasteiger partial charge in [-0.25, -0.2) is 4.79 Å². The van der Waals surface area contributed by atoms with Gasteiger partial charge in [0.05, 0.1) is 5.52 Å². The standard InChI is InChI=1S/C35H28N4O3S/c1-37(26-12-6-3-7-13-26)35(41)39-21-30(28-15-14-27(19-31(28)39)42-22-24-9-4-2-5-10-24)33(40)29-16-18-38-32(29)23-43-34(38)25-11-8-17-36-20-25/h2-21,34H,22-23H2,1H3. The molecule has 3 aromatic heterocycles. The predicted octanol–water partition coefficient (Wildman–Crippen LogP) is 7.55. The van der Waals surface area contributed by atoms with Crippen LogP contribution in [0.3, 0.4) is 0 Å². The summed E-state index contributed by atoms with van der Waals surface area (Å²) in [6.45, 7) is 0.392. The molecule has 0 spiro atoms. The van der Waals surface area contributed by atoms with Crippen LogP contribution in [0.1, 0.15) is 38.1 Å². The van der Waals surface area contributed by atoms with Crippen molar-refractivity contribution < 1.29 is 14.3 Å². The van der Waals surface area contributed by atoms with Crippen molar-refractivity contribution in [3.63, 3.8) is 0 Å². The Kier molecular flexibility index (Phi) is 7.04. The number of thioether (sulfide) groups is 1. The fourth-order valence-electron chi connectivity index (χ4n) is 5.52. The summed E-state index contributed by atoms with van der Waals surface area (Å²) in [4.78, 5) is 33.9. The van der Waals surface area contributed by atoms with E-state index in [1.54, 1.807) is 40.7 Å². The van der Waals surface area contributed by atoms with Gasteiger partial charge >= 0.3 is 6.03 Å². The molecule has 0 radical (unpaired) electrons. The van der Waals surface area contributed by atoms with Crippen molar-refractivity contribution in [3.8, 4) is 5.75 Å². The number of ether oxygens (including phenoxy) is 1. The van der Waals surface area contributed by atoms with Gasteiger partial charge in [0, 0.05) is 77.1 Å². The van der Waals surface area contributed by atoms with Crippen LogP contribution in [0.15, 0.2) is 122 Å². The molecule has 0 bridgehead atoms. The molecule has 1 atom stereocenters. The molecule has 0 saturated carbocycles. The summed E-state index contributed by atoms with van der Waals surface area (Å²) >= 11 is 1.77. The van der Waals surface area contributed by atoms with E-state index in [1.165, 1.54) is 0 Å². The number of amides is 1. The van der Waals surface area contributed by atoms with Crippen LogP contribution < -0.4 is 9.64 Å². The topological polar surface area (TPSA) is 69.4 Å². The summed E-state index contributed by atoms with van der Waals surface area (Å²) in [6, 6.07) is 30.5. The summed E-state index contributed by atoms with van der Waals surface area (Å²) in [7, 11) is 1.73. The van der Waals surface area contributed by atoms with Crippen LogP contribution in [-0.4, -0.2) is 33.0 Å². The van der Waals surface area contributed by atoms with E-state index in [-0.39, 0.29) is 17.2 Å². The zero-order valence-corrected chi connectivity index (χ0v) is 24.3.